The number of piperidine rings is 1. The number of hydrogen-bond acceptors (Lipinski definition) is 3. The molecule has 6 nitrogen and oxygen atoms in total. The van der Waals surface area contributed by atoms with Crippen molar-refractivity contribution < 1.29 is 10.0 Å². The van der Waals surface area contributed by atoms with Crippen LogP contribution in [0.3, 0.4) is 0 Å². The zero-order chi connectivity index (χ0) is 12.8. The van der Waals surface area contributed by atoms with E-state index >= 15 is 0 Å². The van der Waals surface area contributed by atoms with Gasteiger partial charge in [-0.15, -0.1) is 0 Å². The van der Waals surface area contributed by atoms with Gasteiger partial charge in [0, 0.05) is 13.1 Å². The molecule has 0 spiro atoms. The van der Waals surface area contributed by atoms with Crippen molar-refractivity contribution in [2.75, 3.05) is 13.1 Å². The molecule has 0 aromatic rings. The monoisotopic (exact) mass is 242 g/mol. The number of carbonyl (C=O) groups excluding carboxylic acids is 1. The maximum Gasteiger partial charge on any atom is 0.317 e. The fraction of sp³-hybridized carbons (Fsp3) is 0.818. The molecule has 17 heavy (non-hydrogen) atoms. The molecule has 6 heteroatoms. The molecule has 1 rings (SSSR count). The van der Waals surface area contributed by atoms with E-state index in [1.807, 2.05) is 13.8 Å². The van der Waals surface area contributed by atoms with Gasteiger partial charge in [-0.3, -0.25) is 0 Å². The SMILES string of the molecule is CC(C)C(NC(=O)N1CCCCC1)C(N)=NO. The van der Waals surface area contributed by atoms with Crippen molar-refractivity contribution in [2.24, 2.45) is 16.8 Å². The summed E-state index contributed by atoms with van der Waals surface area (Å²) in [7, 11) is 0. The van der Waals surface area contributed by atoms with Gasteiger partial charge < -0.3 is 21.2 Å². The van der Waals surface area contributed by atoms with Crippen LogP contribution in [0, 0.1) is 5.92 Å². The first-order valence-electron chi connectivity index (χ1n) is 6.09. The first-order chi connectivity index (χ1) is 8.06. The Morgan fingerprint density at radius 3 is 2.41 bits per heavy atom. The minimum absolute atomic E-state index is 0.0466. The number of nitrogens with one attached hydrogen (secondary N) is 1. The second-order valence-electron chi connectivity index (χ2n) is 4.74. The van der Waals surface area contributed by atoms with Crippen LogP contribution in [0.5, 0.6) is 0 Å². The maximum absolute atomic E-state index is 12.0. The Morgan fingerprint density at radius 1 is 1.35 bits per heavy atom. The van der Waals surface area contributed by atoms with Gasteiger partial charge in [0.25, 0.3) is 0 Å². The molecule has 0 aromatic heterocycles. The lowest BCUT2D eigenvalue weighted by molar-refractivity contribution is 0.182. The van der Waals surface area contributed by atoms with Crippen LogP contribution in [0.15, 0.2) is 5.16 Å². The molecular formula is C11H22N4O2. The molecule has 4 N–H and O–H groups in total. The van der Waals surface area contributed by atoms with Crippen LogP contribution >= 0.6 is 0 Å². The number of nitrogens with two attached hydrogens (primary N) is 1. The molecule has 0 saturated carbocycles. The average Bonchev–Trinajstić information content (AvgIpc) is 2.35. The summed E-state index contributed by atoms with van der Waals surface area (Å²) < 4.78 is 0. The zero-order valence-electron chi connectivity index (χ0n) is 10.5. The molecule has 1 fully saturated rings. The molecule has 0 bridgehead atoms. The third kappa shape index (κ3) is 3.80. The smallest absolute Gasteiger partial charge is 0.317 e. The summed E-state index contributed by atoms with van der Waals surface area (Å²) in [6.07, 6.45) is 3.27. The number of urea groups is 1. The van der Waals surface area contributed by atoms with E-state index in [1.165, 1.54) is 6.42 Å². The quantitative estimate of drug-likeness (QED) is 0.298. The molecule has 98 valence electrons. The van der Waals surface area contributed by atoms with Gasteiger partial charge in [0.15, 0.2) is 5.84 Å². The third-order valence-electron chi connectivity index (χ3n) is 3.02. The first-order valence-corrected chi connectivity index (χ1v) is 6.09. The van der Waals surface area contributed by atoms with E-state index in [4.69, 9.17) is 10.9 Å². The number of hydrogen-bond donors (Lipinski definition) is 3. The number of likely N-dealkylation sites (tertiary alicyclic amines) is 1. The molecule has 1 aliphatic heterocycles. The van der Waals surface area contributed by atoms with Gasteiger partial charge >= 0.3 is 6.03 Å². The van der Waals surface area contributed by atoms with E-state index in [1.54, 1.807) is 4.90 Å². The number of nitrogens with zero attached hydrogens (tertiary/aromatic N) is 2. The standard InChI is InChI=1S/C11H22N4O2/c1-8(2)9(10(12)14-17)13-11(16)15-6-4-3-5-7-15/h8-9,17H,3-7H2,1-2H3,(H2,12,14)(H,13,16). The van der Waals surface area contributed by atoms with E-state index in [9.17, 15) is 4.79 Å². The Kier molecular flexibility index (Phi) is 5.06. The lowest BCUT2D eigenvalue weighted by Crippen LogP contribution is -2.53. The van der Waals surface area contributed by atoms with Crippen LogP contribution < -0.4 is 11.1 Å². The van der Waals surface area contributed by atoms with Crippen LogP contribution in [0.25, 0.3) is 0 Å². The van der Waals surface area contributed by atoms with Crippen molar-refractivity contribution in [2.45, 2.75) is 39.2 Å². The number of carbonyl (C=O) groups is 1. The Bertz CT molecular complexity index is 285. The summed E-state index contributed by atoms with van der Waals surface area (Å²) >= 11 is 0. The molecule has 1 heterocycles. The van der Waals surface area contributed by atoms with Crippen molar-refractivity contribution in [3.8, 4) is 0 Å². The van der Waals surface area contributed by atoms with E-state index in [-0.39, 0.29) is 17.8 Å². The summed E-state index contributed by atoms with van der Waals surface area (Å²) in [5.74, 6) is 0.130. The molecule has 1 aliphatic rings. The lowest BCUT2D eigenvalue weighted by atomic mass is 10.0. The second-order valence-corrected chi connectivity index (χ2v) is 4.74. The molecule has 0 radical (unpaired) electrons. The Labute approximate surface area is 102 Å². The molecular weight excluding hydrogens is 220 g/mol. The topological polar surface area (TPSA) is 91.0 Å². The fourth-order valence-corrected chi connectivity index (χ4v) is 1.97. The molecule has 0 aliphatic carbocycles. The molecule has 1 saturated heterocycles. The van der Waals surface area contributed by atoms with Crippen molar-refractivity contribution in [3.63, 3.8) is 0 Å². The van der Waals surface area contributed by atoms with Crippen molar-refractivity contribution in [1.29, 1.82) is 0 Å². The van der Waals surface area contributed by atoms with Gasteiger partial charge in [-0.1, -0.05) is 19.0 Å². The zero-order valence-corrected chi connectivity index (χ0v) is 10.5. The Balaban J connectivity index is 2.57. The summed E-state index contributed by atoms with van der Waals surface area (Å²) in [6, 6.07) is -0.551. The van der Waals surface area contributed by atoms with Gasteiger partial charge in [0.1, 0.15) is 0 Å². The van der Waals surface area contributed by atoms with Gasteiger partial charge in [-0.2, -0.15) is 0 Å². The Morgan fingerprint density at radius 2 is 1.94 bits per heavy atom. The van der Waals surface area contributed by atoms with Gasteiger partial charge in [-0.05, 0) is 25.2 Å². The van der Waals surface area contributed by atoms with E-state index < -0.39 is 6.04 Å². The van der Waals surface area contributed by atoms with E-state index in [0.29, 0.717) is 0 Å². The normalized spacial score (nSPS) is 19.2. The molecule has 2 amide bonds. The molecule has 0 aromatic carbocycles. The largest absolute Gasteiger partial charge is 0.409 e. The second kappa shape index (κ2) is 6.32. The van der Waals surface area contributed by atoms with Crippen molar-refractivity contribution in [3.05, 3.63) is 0 Å². The van der Waals surface area contributed by atoms with Gasteiger partial charge in [-0.25, -0.2) is 4.79 Å². The van der Waals surface area contributed by atoms with Crippen molar-refractivity contribution >= 4 is 11.9 Å². The van der Waals surface area contributed by atoms with Crippen molar-refractivity contribution in [1.82, 2.24) is 10.2 Å². The molecule has 1 atom stereocenters. The summed E-state index contributed by atoms with van der Waals surface area (Å²) in [4.78, 5) is 13.7. The van der Waals surface area contributed by atoms with E-state index in [2.05, 4.69) is 10.5 Å². The number of amidine groups is 1. The highest BCUT2D eigenvalue weighted by Crippen LogP contribution is 2.10. The number of amides is 2. The average molecular weight is 242 g/mol. The lowest BCUT2D eigenvalue weighted by Gasteiger charge is -2.30. The minimum atomic E-state index is -0.422. The predicted octanol–water partition coefficient (Wildman–Crippen LogP) is 0.953. The van der Waals surface area contributed by atoms with Crippen LogP contribution in [-0.4, -0.2) is 41.1 Å². The van der Waals surface area contributed by atoms with Gasteiger partial charge in [0.05, 0.1) is 6.04 Å². The Hall–Kier alpha value is -1.46. The summed E-state index contributed by atoms with van der Waals surface area (Å²) in [6.45, 7) is 5.40. The molecule has 1 unspecified atom stereocenters. The predicted molar refractivity (Wildman–Crippen MR) is 66.0 cm³/mol. The highest BCUT2D eigenvalue weighted by Gasteiger charge is 2.24. The van der Waals surface area contributed by atoms with Gasteiger partial charge in [0.2, 0.25) is 0 Å². The summed E-state index contributed by atoms with van der Waals surface area (Å²) in [5, 5.41) is 14.5. The third-order valence-corrected chi connectivity index (χ3v) is 3.02. The fourth-order valence-electron chi connectivity index (χ4n) is 1.97. The number of rotatable bonds is 3. The van der Waals surface area contributed by atoms with Crippen LogP contribution in [0.2, 0.25) is 0 Å². The van der Waals surface area contributed by atoms with Crippen LogP contribution in [0.1, 0.15) is 33.1 Å². The maximum atomic E-state index is 12.0. The highest BCUT2D eigenvalue weighted by atomic mass is 16.4. The minimum Gasteiger partial charge on any atom is -0.409 e. The highest BCUT2D eigenvalue weighted by molar-refractivity contribution is 5.89. The van der Waals surface area contributed by atoms with E-state index in [0.717, 1.165) is 25.9 Å². The van der Waals surface area contributed by atoms with Crippen LogP contribution in [-0.2, 0) is 0 Å². The summed E-state index contributed by atoms with van der Waals surface area (Å²) in [5.41, 5.74) is 5.56. The number of oxime groups is 1. The van der Waals surface area contributed by atoms with Crippen LogP contribution in [0.4, 0.5) is 4.79 Å². The first kappa shape index (κ1) is 13.6.